The van der Waals surface area contributed by atoms with E-state index < -0.39 is 5.97 Å². The molecule has 0 atom stereocenters. The SMILES string of the molecule is CCCCC=C(C)c1cccc(C(=O)O)c1C. The average molecular weight is 232 g/mol. The molecule has 0 aliphatic rings. The van der Waals surface area contributed by atoms with E-state index in [-0.39, 0.29) is 0 Å². The summed E-state index contributed by atoms with van der Waals surface area (Å²) in [5, 5.41) is 9.07. The van der Waals surface area contributed by atoms with Crippen molar-refractivity contribution < 1.29 is 9.90 Å². The minimum atomic E-state index is -0.856. The fraction of sp³-hybridized carbons (Fsp3) is 0.400. The molecule has 0 aromatic heterocycles. The zero-order chi connectivity index (χ0) is 12.8. The summed E-state index contributed by atoms with van der Waals surface area (Å²) in [6.07, 6.45) is 5.60. The number of benzene rings is 1. The van der Waals surface area contributed by atoms with Crippen LogP contribution >= 0.6 is 0 Å². The highest BCUT2D eigenvalue weighted by atomic mass is 16.4. The third-order valence-corrected chi connectivity index (χ3v) is 3.00. The fourth-order valence-electron chi connectivity index (χ4n) is 1.93. The van der Waals surface area contributed by atoms with E-state index in [0.29, 0.717) is 5.56 Å². The largest absolute Gasteiger partial charge is 0.478 e. The van der Waals surface area contributed by atoms with Gasteiger partial charge in [0.05, 0.1) is 5.56 Å². The molecule has 0 saturated heterocycles. The van der Waals surface area contributed by atoms with Gasteiger partial charge < -0.3 is 5.11 Å². The number of carboxylic acids is 1. The number of carboxylic acid groups (broad SMARTS) is 1. The van der Waals surface area contributed by atoms with Gasteiger partial charge in [-0.25, -0.2) is 4.79 Å². The van der Waals surface area contributed by atoms with Crippen LogP contribution in [-0.4, -0.2) is 11.1 Å². The third kappa shape index (κ3) is 3.45. The molecule has 0 aliphatic heterocycles. The summed E-state index contributed by atoms with van der Waals surface area (Å²) in [6.45, 7) is 6.08. The van der Waals surface area contributed by atoms with Crippen LogP contribution in [0.1, 0.15) is 54.6 Å². The molecule has 1 aromatic rings. The molecule has 1 rings (SSSR count). The molecule has 2 nitrogen and oxygen atoms in total. The lowest BCUT2D eigenvalue weighted by Gasteiger charge is -2.09. The van der Waals surface area contributed by atoms with Gasteiger partial charge in [0, 0.05) is 0 Å². The zero-order valence-electron chi connectivity index (χ0n) is 10.8. The Morgan fingerprint density at radius 2 is 2.00 bits per heavy atom. The number of hydrogen-bond acceptors (Lipinski definition) is 1. The predicted molar refractivity (Wildman–Crippen MR) is 71.3 cm³/mol. The zero-order valence-corrected chi connectivity index (χ0v) is 10.8. The standard InChI is InChI=1S/C15H20O2/c1-4-5-6-8-11(2)13-9-7-10-14(12(13)3)15(16)17/h7-10H,4-6H2,1-3H3,(H,16,17). The summed E-state index contributed by atoms with van der Waals surface area (Å²) in [4.78, 5) is 11.0. The molecule has 1 N–H and O–H groups in total. The molecule has 2 heteroatoms. The summed E-state index contributed by atoms with van der Waals surface area (Å²) in [7, 11) is 0. The van der Waals surface area contributed by atoms with Crippen LogP contribution in [0.15, 0.2) is 24.3 Å². The van der Waals surface area contributed by atoms with Crippen LogP contribution in [0.3, 0.4) is 0 Å². The van der Waals surface area contributed by atoms with Crippen molar-refractivity contribution in [3.05, 3.63) is 41.0 Å². The summed E-state index contributed by atoms with van der Waals surface area (Å²) in [5.41, 5.74) is 3.45. The van der Waals surface area contributed by atoms with Crippen LogP contribution in [-0.2, 0) is 0 Å². The molecule has 0 aliphatic carbocycles. The Balaban J connectivity index is 3.02. The predicted octanol–water partition coefficient (Wildman–Crippen LogP) is 4.29. The molecule has 0 fully saturated rings. The van der Waals surface area contributed by atoms with Gasteiger partial charge in [-0.15, -0.1) is 0 Å². The number of unbranched alkanes of at least 4 members (excludes halogenated alkanes) is 2. The Kier molecular flexibility index (Phi) is 4.95. The molecule has 0 radical (unpaired) electrons. The first-order chi connectivity index (χ1) is 8.07. The van der Waals surface area contributed by atoms with E-state index in [4.69, 9.17) is 5.11 Å². The van der Waals surface area contributed by atoms with Crippen LogP contribution < -0.4 is 0 Å². The quantitative estimate of drug-likeness (QED) is 0.769. The number of hydrogen-bond donors (Lipinski definition) is 1. The van der Waals surface area contributed by atoms with Gasteiger partial charge in [-0.1, -0.05) is 38.0 Å². The molecule has 0 unspecified atom stereocenters. The minimum absolute atomic E-state index is 0.394. The maximum Gasteiger partial charge on any atom is 0.335 e. The smallest absolute Gasteiger partial charge is 0.335 e. The molecule has 0 saturated carbocycles. The topological polar surface area (TPSA) is 37.3 Å². The summed E-state index contributed by atoms with van der Waals surface area (Å²) < 4.78 is 0. The molecule has 0 heterocycles. The van der Waals surface area contributed by atoms with Gasteiger partial charge in [-0.3, -0.25) is 0 Å². The van der Waals surface area contributed by atoms with Gasteiger partial charge in [0.2, 0.25) is 0 Å². The molecular formula is C15H20O2. The first-order valence-electron chi connectivity index (χ1n) is 6.08. The van der Waals surface area contributed by atoms with Crippen molar-refractivity contribution in [1.82, 2.24) is 0 Å². The van der Waals surface area contributed by atoms with E-state index >= 15 is 0 Å². The second-order valence-corrected chi connectivity index (χ2v) is 4.31. The Morgan fingerprint density at radius 3 is 2.59 bits per heavy atom. The van der Waals surface area contributed by atoms with Crippen molar-refractivity contribution in [3.63, 3.8) is 0 Å². The second-order valence-electron chi connectivity index (χ2n) is 4.31. The van der Waals surface area contributed by atoms with Crippen LogP contribution in [0.5, 0.6) is 0 Å². The van der Waals surface area contributed by atoms with E-state index in [1.807, 2.05) is 26.0 Å². The first-order valence-corrected chi connectivity index (χ1v) is 6.08. The maximum atomic E-state index is 11.0. The summed E-state index contributed by atoms with van der Waals surface area (Å²) >= 11 is 0. The highest BCUT2D eigenvalue weighted by Gasteiger charge is 2.10. The lowest BCUT2D eigenvalue weighted by Crippen LogP contribution is -2.01. The second kappa shape index (κ2) is 6.24. The van der Waals surface area contributed by atoms with Gasteiger partial charge in [0.25, 0.3) is 0 Å². The van der Waals surface area contributed by atoms with Crippen LogP contribution in [0.25, 0.3) is 5.57 Å². The van der Waals surface area contributed by atoms with Crippen molar-refractivity contribution in [3.8, 4) is 0 Å². The van der Waals surface area contributed by atoms with Crippen molar-refractivity contribution in [2.24, 2.45) is 0 Å². The van der Waals surface area contributed by atoms with Crippen LogP contribution in [0, 0.1) is 6.92 Å². The number of allylic oxidation sites excluding steroid dienone is 2. The fourth-order valence-corrected chi connectivity index (χ4v) is 1.93. The molecule has 1 aromatic carbocycles. The Hall–Kier alpha value is -1.57. The molecule has 0 bridgehead atoms. The lowest BCUT2D eigenvalue weighted by molar-refractivity contribution is 0.0696. The Labute approximate surface area is 103 Å². The van der Waals surface area contributed by atoms with Gasteiger partial charge >= 0.3 is 5.97 Å². The highest BCUT2D eigenvalue weighted by molar-refractivity contribution is 5.91. The van der Waals surface area contributed by atoms with E-state index in [2.05, 4.69) is 13.0 Å². The van der Waals surface area contributed by atoms with Crippen molar-refractivity contribution in [1.29, 1.82) is 0 Å². The van der Waals surface area contributed by atoms with E-state index in [0.717, 1.165) is 17.5 Å². The number of carbonyl (C=O) groups is 1. The third-order valence-electron chi connectivity index (χ3n) is 3.00. The number of rotatable bonds is 5. The highest BCUT2D eigenvalue weighted by Crippen LogP contribution is 2.22. The molecule has 17 heavy (non-hydrogen) atoms. The molecular weight excluding hydrogens is 212 g/mol. The number of aromatic carboxylic acids is 1. The van der Waals surface area contributed by atoms with E-state index in [9.17, 15) is 4.79 Å². The molecule has 92 valence electrons. The van der Waals surface area contributed by atoms with Crippen molar-refractivity contribution >= 4 is 11.5 Å². The van der Waals surface area contributed by atoms with Crippen molar-refractivity contribution in [2.75, 3.05) is 0 Å². The summed E-state index contributed by atoms with van der Waals surface area (Å²) in [5.74, 6) is -0.856. The van der Waals surface area contributed by atoms with Gasteiger partial charge in [0.1, 0.15) is 0 Å². The van der Waals surface area contributed by atoms with E-state index in [1.165, 1.54) is 18.4 Å². The normalized spacial score (nSPS) is 11.6. The van der Waals surface area contributed by atoms with Crippen LogP contribution in [0.2, 0.25) is 0 Å². The van der Waals surface area contributed by atoms with E-state index in [1.54, 1.807) is 6.07 Å². The van der Waals surface area contributed by atoms with Crippen LogP contribution in [0.4, 0.5) is 0 Å². The maximum absolute atomic E-state index is 11.0. The first kappa shape index (κ1) is 13.5. The van der Waals surface area contributed by atoms with Gasteiger partial charge in [-0.05, 0) is 43.0 Å². The Bertz CT molecular complexity index is 431. The molecule has 0 amide bonds. The lowest BCUT2D eigenvalue weighted by atomic mass is 9.96. The summed E-state index contributed by atoms with van der Waals surface area (Å²) in [6, 6.07) is 5.45. The monoisotopic (exact) mass is 232 g/mol. The Morgan fingerprint density at radius 1 is 1.35 bits per heavy atom. The average Bonchev–Trinajstić information content (AvgIpc) is 2.29. The molecule has 0 spiro atoms. The van der Waals surface area contributed by atoms with Crippen molar-refractivity contribution in [2.45, 2.75) is 40.0 Å². The van der Waals surface area contributed by atoms with Gasteiger partial charge in [-0.2, -0.15) is 0 Å². The van der Waals surface area contributed by atoms with Gasteiger partial charge in [0.15, 0.2) is 0 Å². The minimum Gasteiger partial charge on any atom is -0.478 e.